The van der Waals surface area contributed by atoms with E-state index in [1.54, 1.807) is 0 Å². The Morgan fingerprint density at radius 2 is 2.39 bits per heavy atom. The summed E-state index contributed by atoms with van der Waals surface area (Å²) in [7, 11) is 0. The molecule has 1 aliphatic rings. The minimum Gasteiger partial charge on any atom is -0.481 e. The molecular weight excluding hydrogens is 232 g/mol. The Labute approximate surface area is 105 Å². The first-order valence-electron chi connectivity index (χ1n) is 5.82. The summed E-state index contributed by atoms with van der Waals surface area (Å²) in [4.78, 5) is 18.8. The van der Waals surface area contributed by atoms with E-state index < -0.39 is 5.97 Å². The molecule has 1 heterocycles. The highest BCUT2D eigenvalue weighted by Gasteiger charge is 2.38. The lowest BCUT2D eigenvalue weighted by atomic mass is 9.66. The summed E-state index contributed by atoms with van der Waals surface area (Å²) in [5, 5.41) is 20.6. The number of aliphatic carboxylic acids is 1. The second-order valence-electron chi connectivity index (χ2n) is 4.65. The van der Waals surface area contributed by atoms with Crippen molar-refractivity contribution < 1.29 is 9.90 Å². The molecule has 0 unspecified atom stereocenters. The van der Waals surface area contributed by atoms with Gasteiger partial charge in [0.2, 0.25) is 5.95 Å². The number of carboxylic acids is 1. The molecule has 1 aromatic rings. The van der Waals surface area contributed by atoms with Crippen LogP contribution >= 0.6 is 0 Å². The summed E-state index contributed by atoms with van der Waals surface area (Å²) < 4.78 is 0. The van der Waals surface area contributed by atoms with Crippen molar-refractivity contribution >= 4 is 11.9 Å². The average molecular weight is 246 g/mol. The van der Waals surface area contributed by atoms with Crippen LogP contribution < -0.4 is 5.32 Å². The predicted molar refractivity (Wildman–Crippen MR) is 63.8 cm³/mol. The van der Waals surface area contributed by atoms with Crippen LogP contribution in [0.5, 0.6) is 0 Å². The maximum absolute atomic E-state index is 10.8. The van der Waals surface area contributed by atoms with Crippen molar-refractivity contribution in [1.82, 2.24) is 9.97 Å². The van der Waals surface area contributed by atoms with Gasteiger partial charge in [0.1, 0.15) is 11.8 Å². The van der Waals surface area contributed by atoms with Crippen LogP contribution in [0.1, 0.15) is 31.4 Å². The van der Waals surface area contributed by atoms with E-state index >= 15 is 0 Å². The van der Waals surface area contributed by atoms with E-state index in [0.717, 1.165) is 19.3 Å². The lowest BCUT2D eigenvalue weighted by Crippen LogP contribution is -2.38. The van der Waals surface area contributed by atoms with Crippen LogP contribution in [0, 0.1) is 16.7 Å². The molecule has 2 rings (SSSR count). The van der Waals surface area contributed by atoms with Gasteiger partial charge in [-0.3, -0.25) is 4.79 Å². The third kappa shape index (κ3) is 2.74. The molecule has 1 aliphatic carbocycles. The summed E-state index contributed by atoms with van der Waals surface area (Å²) in [6.07, 6.45) is 4.55. The van der Waals surface area contributed by atoms with Gasteiger partial charge >= 0.3 is 5.97 Å². The number of hydrogen-bond donors (Lipinski definition) is 2. The fraction of sp³-hybridized carbons (Fsp3) is 0.500. The quantitative estimate of drug-likeness (QED) is 0.814. The van der Waals surface area contributed by atoms with Crippen LogP contribution in [0.25, 0.3) is 0 Å². The monoisotopic (exact) mass is 246 g/mol. The summed E-state index contributed by atoms with van der Waals surface area (Å²) >= 11 is 0. The molecule has 0 radical (unpaired) electrons. The number of anilines is 1. The average Bonchev–Trinajstić information content (AvgIpc) is 2.32. The number of carbonyl (C=O) groups is 1. The Bertz CT molecular complexity index is 491. The van der Waals surface area contributed by atoms with Crippen molar-refractivity contribution in [2.24, 2.45) is 5.41 Å². The van der Waals surface area contributed by atoms with E-state index in [1.165, 1.54) is 12.3 Å². The van der Waals surface area contributed by atoms with Gasteiger partial charge < -0.3 is 10.4 Å². The van der Waals surface area contributed by atoms with Gasteiger partial charge in [0.05, 0.1) is 6.42 Å². The zero-order valence-corrected chi connectivity index (χ0v) is 9.89. The van der Waals surface area contributed by atoms with Crippen LogP contribution in [-0.4, -0.2) is 27.6 Å². The van der Waals surface area contributed by atoms with E-state index in [4.69, 9.17) is 10.4 Å². The van der Waals surface area contributed by atoms with E-state index in [-0.39, 0.29) is 11.8 Å². The minimum absolute atomic E-state index is 0.165. The maximum Gasteiger partial charge on any atom is 0.303 e. The first-order chi connectivity index (χ1) is 8.63. The van der Waals surface area contributed by atoms with E-state index in [9.17, 15) is 4.79 Å². The first-order valence-corrected chi connectivity index (χ1v) is 5.82. The maximum atomic E-state index is 10.8. The van der Waals surface area contributed by atoms with Crippen molar-refractivity contribution in [3.05, 3.63) is 18.0 Å². The molecule has 2 N–H and O–H groups in total. The van der Waals surface area contributed by atoms with Gasteiger partial charge in [-0.05, 0) is 24.3 Å². The van der Waals surface area contributed by atoms with Crippen molar-refractivity contribution in [1.29, 1.82) is 5.26 Å². The van der Waals surface area contributed by atoms with Crippen molar-refractivity contribution in [3.63, 3.8) is 0 Å². The van der Waals surface area contributed by atoms with E-state index in [1.807, 2.05) is 6.07 Å². The van der Waals surface area contributed by atoms with Crippen molar-refractivity contribution in [2.45, 2.75) is 25.7 Å². The summed E-state index contributed by atoms with van der Waals surface area (Å²) in [6.45, 7) is 0.536. The van der Waals surface area contributed by atoms with Gasteiger partial charge in [0.15, 0.2) is 0 Å². The third-order valence-electron chi connectivity index (χ3n) is 3.33. The second kappa shape index (κ2) is 5.00. The fourth-order valence-corrected chi connectivity index (χ4v) is 2.19. The predicted octanol–water partition coefficient (Wildman–Crippen LogP) is 1.41. The first kappa shape index (κ1) is 12.3. The van der Waals surface area contributed by atoms with Crippen LogP contribution in [0.3, 0.4) is 0 Å². The SMILES string of the molecule is N#Cc1ccnc(NCC2(CC(=O)O)CCC2)n1. The van der Waals surface area contributed by atoms with Gasteiger partial charge in [-0.25, -0.2) is 9.97 Å². The summed E-state index contributed by atoms with van der Waals surface area (Å²) in [5.74, 6) is -0.395. The molecule has 0 atom stereocenters. The molecule has 1 saturated carbocycles. The van der Waals surface area contributed by atoms with Gasteiger partial charge in [0, 0.05) is 12.7 Å². The lowest BCUT2D eigenvalue weighted by Gasteiger charge is -2.40. The molecule has 6 nitrogen and oxygen atoms in total. The van der Waals surface area contributed by atoms with Gasteiger partial charge in [-0.15, -0.1) is 0 Å². The normalized spacial score (nSPS) is 16.4. The second-order valence-corrected chi connectivity index (χ2v) is 4.65. The number of aromatic nitrogens is 2. The van der Waals surface area contributed by atoms with Crippen molar-refractivity contribution in [3.8, 4) is 6.07 Å². The Morgan fingerprint density at radius 1 is 1.61 bits per heavy atom. The molecule has 18 heavy (non-hydrogen) atoms. The van der Waals surface area contributed by atoms with E-state index in [0.29, 0.717) is 18.2 Å². The fourth-order valence-electron chi connectivity index (χ4n) is 2.19. The Balaban J connectivity index is 1.97. The summed E-state index contributed by atoms with van der Waals surface area (Å²) in [5.41, 5.74) is 0.117. The van der Waals surface area contributed by atoms with Crippen LogP contribution in [0.2, 0.25) is 0 Å². The minimum atomic E-state index is -0.775. The summed E-state index contributed by atoms with van der Waals surface area (Å²) in [6, 6.07) is 3.47. The van der Waals surface area contributed by atoms with Crippen LogP contribution in [-0.2, 0) is 4.79 Å². The highest BCUT2D eigenvalue weighted by Crippen LogP contribution is 2.43. The standard InChI is InChI=1S/C12H14N4O2/c13-7-9-2-5-14-11(16-9)15-8-12(3-1-4-12)6-10(17)18/h2,5H,1,3-4,6,8H2,(H,17,18)(H,14,15,16). The number of carboxylic acid groups (broad SMARTS) is 1. The Morgan fingerprint density at radius 3 is 2.94 bits per heavy atom. The molecule has 6 heteroatoms. The van der Waals surface area contributed by atoms with Gasteiger partial charge in [0.25, 0.3) is 0 Å². The molecular formula is C12H14N4O2. The molecule has 94 valence electrons. The van der Waals surface area contributed by atoms with Gasteiger partial charge in [-0.1, -0.05) is 6.42 Å². The molecule has 0 aliphatic heterocycles. The Kier molecular flexibility index (Phi) is 3.42. The van der Waals surface area contributed by atoms with Crippen LogP contribution in [0.15, 0.2) is 12.3 Å². The molecule has 1 fully saturated rings. The number of hydrogen-bond acceptors (Lipinski definition) is 5. The topological polar surface area (TPSA) is 98.9 Å². The molecule has 0 saturated heterocycles. The van der Waals surface area contributed by atoms with Crippen molar-refractivity contribution in [2.75, 3.05) is 11.9 Å². The molecule has 0 amide bonds. The number of nitrogens with zero attached hydrogens (tertiary/aromatic N) is 3. The Hall–Kier alpha value is -2.16. The third-order valence-corrected chi connectivity index (χ3v) is 3.33. The van der Waals surface area contributed by atoms with Crippen LogP contribution in [0.4, 0.5) is 5.95 Å². The largest absolute Gasteiger partial charge is 0.481 e. The highest BCUT2D eigenvalue weighted by molar-refractivity contribution is 5.68. The zero-order valence-electron chi connectivity index (χ0n) is 9.89. The van der Waals surface area contributed by atoms with Gasteiger partial charge in [-0.2, -0.15) is 5.26 Å². The number of nitriles is 1. The molecule has 0 aromatic carbocycles. The molecule has 0 bridgehead atoms. The molecule has 1 aromatic heterocycles. The van der Waals surface area contributed by atoms with E-state index in [2.05, 4.69) is 15.3 Å². The number of rotatable bonds is 5. The zero-order chi connectivity index (χ0) is 13.0. The number of nitrogens with one attached hydrogen (secondary N) is 1. The smallest absolute Gasteiger partial charge is 0.303 e. The highest BCUT2D eigenvalue weighted by atomic mass is 16.4. The molecule has 0 spiro atoms. The lowest BCUT2D eigenvalue weighted by molar-refractivity contribution is -0.141.